The molecule has 0 unspecified atom stereocenters. The van der Waals surface area contributed by atoms with Gasteiger partial charge < -0.3 is 4.74 Å². The molecule has 28 heavy (non-hydrogen) atoms. The quantitative estimate of drug-likeness (QED) is 0.441. The Morgan fingerprint density at radius 3 is 2.71 bits per heavy atom. The van der Waals surface area contributed by atoms with E-state index in [1.165, 1.54) is 16.4 Å². The number of hydrogen-bond donors (Lipinski definition) is 1. The number of morpholine rings is 1. The molecule has 1 fully saturated rings. The van der Waals surface area contributed by atoms with Crippen LogP contribution in [0.3, 0.4) is 0 Å². The van der Waals surface area contributed by atoms with Crippen molar-refractivity contribution in [3.8, 4) is 0 Å². The van der Waals surface area contributed by atoms with Gasteiger partial charge in [-0.1, -0.05) is 6.07 Å². The molecule has 1 N–H and O–H groups in total. The Hall–Kier alpha value is -2.89. The van der Waals surface area contributed by atoms with E-state index in [9.17, 15) is 18.5 Å². The van der Waals surface area contributed by atoms with Crippen LogP contribution in [0, 0.1) is 10.1 Å². The third kappa shape index (κ3) is 4.32. The summed E-state index contributed by atoms with van der Waals surface area (Å²) >= 11 is 0. The van der Waals surface area contributed by atoms with Gasteiger partial charge in [0, 0.05) is 37.1 Å². The Morgan fingerprint density at radius 1 is 1.32 bits per heavy atom. The largest absolute Gasteiger partial charge is 0.379 e. The van der Waals surface area contributed by atoms with Crippen molar-refractivity contribution in [3.05, 3.63) is 58.4 Å². The molecule has 0 saturated carbocycles. The third-order valence-corrected chi connectivity index (χ3v) is 6.09. The van der Waals surface area contributed by atoms with Crippen LogP contribution in [0.5, 0.6) is 0 Å². The van der Waals surface area contributed by atoms with Crippen LogP contribution in [0.1, 0.15) is 12.5 Å². The molecule has 10 nitrogen and oxygen atoms in total. The van der Waals surface area contributed by atoms with Crippen LogP contribution in [-0.2, 0) is 14.8 Å². The lowest BCUT2D eigenvalue weighted by molar-refractivity contribution is -0.384. The number of sulfonamides is 1. The average Bonchev–Trinajstić information content (AvgIpc) is 2.73. The second-order valence-electron chi connectivity index (χ2n) is 6.00. The number of hydrogen-bond acceptors (Lipinski definition) is 8. The number of nitro benzene ring substituents is 1. The van der Waals surface area contributed by atoms with Crippen molar-refractivity contribution in [2.75, 3.05) is 31.7 Å². The van der Waals surface area contributed by atoms with Crippen LogP contribution in [0.2, 0.25) is 0 Å². The van der Waals surface area contributed by atoms with Gasteiger partial charge >= 0.3 is 0 Å². The number of aromatic nitrogens is 1. The van der Waals surface area contributed by atoms with Gasteiger partial charge in [-0.2, -0.15) is 9.41 Å². The molecule has 2 heterocycles. The lowest BCUT2D eigenvalue weighted by Crippen LogP contribution is -2.40. The minimum absolute atomic E-state index is 0.0918. The number of nitro groups is 1. The van der Waals surface area contributed by atoms with Gasteiger partial charge in [0.2, 0.25) is 10.0 Å². The number of pyridine rings is 1. The molecule has 0 bridgehead atoms. The van der Waals surface area contributed by atoms with Crippen molar-refractivity contribution in [3.63, 3.8) is 0 Å². The predicted octanol–water partition coefficient (Wildman–Crippen LogP) is 1.85. The topological polar surface area (TPSA) is 127 Å². The molecule has 1 saturated heterocycles. The van der Waals surface area contributed by atoms with Crippen molar-refractivity contribution < 1.29 is 18.1 Å². The average molecular weight is 405 g/mol. The van der Waals surface area contributed by atoms with E-state index in [1.807, 2.05) is 0 Å². The summed E-state index contributed by atoms with van der Waals surface area (Å²) in [5, 5.41) is 15.6. The van der Waals surface area contributed by atoms with Gasteiger partial charge in [-0.05, 0) is 25.1 Å². The van der Waals surface area contributed by atoms with Crippen molar-refractivity contribution in [2.24, 2.45) is 5.10 Å². The van der Waals surface area contributed by atoms with E-state index in [1.54, 1.807) is 31.5 Å². The van der Waals surface area contributed by atoms with Gasteiger partial charge in [-0.15, -0.1) is 0 Å². The minimum atomic E-state index is -3.83. The summed E-state index contributed by atoms with van der Waals surface area (Å²) in [4.78, 5) is 14.7. The Kier molecular flexibility index (Phi) is 5.97. The summed E-state index contributed by atoms with van der Waals surface area (Å²) in [5.41, 5.74) is 3.69. The highest BCUT2D eigenvalue weighted by Crippen LogP contribution is 2.29. The van der Waals surface area contributed by atoms with Crippen molar-refractivity contribution in [1.82, 2.24) is 9.29 Å². The second-order valence-corrected chi connectivity index (χ2v) is 7.94. The van der Waals surface area contributed by atoms with Crippen LogP contribution < -0.4 is 5.43 Å². The first-order valence-electron chi connectivity index (χ1n) is 8.46. The molecule has 0 radical (unpaired) electrons. The predicted molar refractivity (Wildman–Crippen MR) is 103 cm³/mol. The maximum Gasteiger partial charge on any atom is 0.295 e. The van der Waals surface area contributed by atoms with E-state index in [4.69, 9.17) is 4.74 Å². The van der Waals surface area contributed by atoms with E-state index in [0.717, 1.165) is 11.6 Å². The molecule has 1 aliphatic heterocycles. The Balaban J connectivity index is 1.88. The maximum absolute atomic E-state index is 12.7. The number of nitrogens with zero attached hydrogens (tertiary/aromatic N) is 4. The zero-order valence-corrected chi connectivity index (χ0v) is 15.9. The summed E-state index contributed by atoms with van der Waals surface area (Å²) < 4.78 is 31.9. The lowest BCUT2D eigenvalue weighted by atomic mass is 10.2. The van der Waals surface area contributed by atoms with Crippen molar-refractivity contribution in [2.45, 2.75) is 11.8 Å². The molecule has 0 aliphatic carbocycles. The number of rotatable bonds is 6. The van der Waals surface area contributed by atoms with Crippen LogP contribution in [0.4, 0.5) is 11.4 Å². The van der Waals surface area contributed by atoms with Gasteiger partial charge in [-0.25, -0.2) is 8.42 Å². The number of hydrazone groups is 1. The molecule has 1 aromatic heterocycles. The van der Waals surface area contributed by atoms with Gasteiger partial charge in [0.1, 0.15) is 5.69 Å². The van der Waals surface area contributed by atoms with Crippen molar-refractivity contribution >= 4 is 27.1 Å². The number of benzene rings is 1. The molecule has 2 aromatic rings. The standard InChI is InChI=1S/C17H19N5O5S/c1-13(14-3-2-6-18-12-14)19-20-16-5-4-15(11-17(16)22(23)24)28(25,26)21-7-9-27-10-8-21/h2-6,11-12,20H,7-10H2,1H3. The van der Waals surface area contributed by atoms with Crippen LogP contribution in [0.25, 0.3) is 0 Å². The van der Waals surface area contributed by atoms with Crippen LogP contribution >= 0.6 is 0 Å². The number of ether oxygens (including phenoxy) is 1. The number of nitrogens with one attached hydrogen (secondary N) is 1. The SMILES string of the molecule is CC(=NNc1ccc(S(=O)(=O)N2CCOCC2)cc1[N+](=O)[O-])c1cccnc1. The maximum atomic E-state index is 12.7. The van der Waals surface area contributed by atoms with Gasteiger partial charge in [-0.3, -0.25) is 20.5 Å². The minimum Gasteiger partial charge on any atom is -0.379 e. The molecule has 3 rings (SSSR count). The normalized spacial score (nSPS) is 16.0. The summed E-state index contributed by atoms with van der Waals surface area (Å²) in [6.07, 6.45) is 3.25. The molecule has 148 valence electrons. The van der Waals surface area contributed by atoms with Crippen LogP contribution in [0.15, 0.2) is 52.7 Å². The summed E-state index contributed by atoms with van der Waals surface area (Å²) in [6.45, 7) is 2.75. The summed E-state index contributed by atoms with van der Waals surface area (Å²) in [5.74, 6) is 0. The first-order chi connectivity index (χ1) is 13.4. The fourth-order valence-corrected chi connectivity index (χ4v) is 4.07. The summed E-state index contributed by atoms with van der Waals surface area (Å²) in [6, 6.07) is 7.27. The van der Waals surface area contributed by atoms with Gasteiger partial charge in [0.15, 0.2) is 0 Å². The molecule has 1 aliphatic rings. The Labute approximate surface area is 162 Å². The molecular formula is C17H19N5O5S. The first-order valence-corrected chi connectivity index (χ1v) is 9.90. The van der Waals surface area contributed by atoms with E-state index in [-0.39, 0.29) is 29.4 Å². The highest BCUT2D eigenvalue weighted by Gasteiger charge is 2.28. The molecule has 11 heteroatoms. The molecule has 0 atom stereocenters. The smallest absolute Gasteiger partial charge is 0.295 e. The van der Waals surface area contributed by atoms with Crippen LogP contribution in [-0.4, -0.2) is 54.6 Å². The lowest BCUT2D eigenvalue weighted by Gasteiger charge is -2.26. The van der Waals surface area contributed by atoms with E-state index >= 15 is 0 Å². The highest BCUT2D eigenvalue weighted by molar-refractivity contribution is 7.89. The Bertz CT molecular complexity index is 988. The number of anilines is 1. The van der Waals surface area contributed by atoms with Gasteiger partial charge in [0.05, 0.1) is 28.7 Å². The Morgan fingerprint density at radius 2 is 2.07 bits per heavy atom. The molecule has 1 aromatic carbocycles. The molecule has 0 spiro atoms. The van der Waals surface area contributed by atoms with E-state index in [0.29, 0.717) is 18.9 Å². The third-order valence-electron chi connectivity index (χ3n) is 4.20. The zero-order valence-electron chi connectivity index (χ0n) is 15.1. The fourth-order valence-electron chi connectivity index (χ4n) is 2.64. The van der Waals surface area contributed by atoms with Gasteiger partial charge in [0.25, 0.3) is 5.69 Å². The first kappa shape index (κ1) is 19.9. The highest BCUT2D eigenvalue weighted by atomic mass is 32.2. The molecule has 0 amide bonds. The van der Waals surface area contributed by atoms with E-state index < -0.39 is 14.9 Å². The zero-order chi connectivity index (χ0) is 20.1. The summed E-state index contributed by atoms with van der Waals surface area (Å²) in [7, 11) is -3.83. The molecular weight excluding hydrogens is 386 g/mol. The van der Waals surface area contributed by atoms with E-state index in [2.05, 4.69) is 15.5 Å². The second kappa shape index (κ2) is 8.42. The monoisotopic (exact) mass is 405 g/mol. The van der Waals surface area contributed by atoms with Crippen molar-refractivity contribution in [1.29, 1.82) is 0 Å². The fraction of sp³-hybridized carbons (Fsp3) is 0.294.